The van der Waals surface area contributed by atoms with Crippen molar-refractivity contribution in [3.63, 3.8) is 0 Å². The molecule has 0 aliphatic heterocycles. The van der Waals surface area contributed by atoms with Crippen LogP contribution in [0.25, 0.3) is 94.3 Å². The fraction of sp³-hybridized carbons (Fsp3) is 0.0877. The molecule has 61 heavy (non-hydrogen) atoms. The molecule has 0 bridgehead atoms. The molecule has 0 saturated heterocycles. The molecule has 2 aliphatic carbocycles. The van der Waals surface area contributed by atoms with E-state index in [2.05, 4.69) is 189 Å². The van der Waals surface area contributed by atoms with Crippen molar-refractivity contribution in [3.8, 4) is 33.4 Å². The predicted molar refractivity (Wildman–Crippen MR) is 251 cm³/mol. The van der Waals surface area contributed by atoms with Gasteiger partial charge in [-0.1, -0.05) is 141 Å². The summed E-state index contributed by atoms with van der Waals surface area (Å²) >= 11 is 0. The molecule has 1 unspecified atom stereocenters. The summed E-state index contributed by atoms with van der Waals surface area (Å²) in [6, 6.07) is 60.7. The fourth-order valence-electron chi connectivity index (χ4n) is 10.5. The molecular weight excluding hydrogens is 747 g/mol. The largest absolute Gasteiger partial charge is 0.458 e. The first kappa shape index (κ1) is 34.3. The Morgan fingerprint density at radius 1 is 0.492 bits per heavy atom. The molecule has 4 heteroatoms. The van der Waals surface area contributed by atoms with Gasteiger partial charge in [-0.05, 0) is 93.9 Å². The maximum atomic E-state index is 7.20. The Balaban J connectivity index is 1.02. The van der Waals surface area contributed by atoms with E-state index in [1.165, 1.54) is 33.4 Å². The van der Waals surface area contributed by atoms with E-state index in [-0.39, 0.29) is 11.5 Å². The minimum Gasteiger partial charge on any atom is -0.458 e. The normalized spacial score (nSPS) is 15.2. The number of benzene rings is 8. The molecule has 290 valence electrons. The van der Waals surface area contributed by atoms with Gasteiger partial charge in [-0.3, -0.25) is 0 Å². The molecule has 8 aromatic carbocycles. The number of hydrogen-bond acceptors (Lipinski definition) is 4. The number of anilines is 2. The van der Waals surface area contributed by atoms with Gasteiger partial charge in [0.25, 0.3) is 0 Å². The third-order valence-corrected chi connectivity index (χ3v) is 13.4. The van der Waals surface area contributed by atoms with Gasteiger partial charge in [0.1, 0.15) is 33.7 Å². The third-order valence-electron chi connectivity index (χ3n) is 13.4. The average molecular weight is 786 g/mol. The van der Waals surface area contributed by atoms with Gasteiger partial charge in [0, 0.05) is 60.9 Å². The highest BCUT2D eigenvalue weighted by Crippen LogP contribution is 2.52. The minimum absolute atomic E-state index is 0.0834. The van der Waals surface area contributed by atoms with Gasteiger partial charge in [-0.25, -0.2) is 0 Å². The van der Waals surface area contributed by atoms with Crippen LogP contribution in [-0.2, 0) is 5.41 Å². The lowest BCUT2D eigenvalue weighted by atomic mass is 9.81. The summed E-state index contributed by atoms with van der Waals surface area (Å²) < 4.78 is 20.6. The summed E-state index contributed by atoms with van der Waals surface area (Å²) in [6.07, 6.45) is 5.29. The van der Waals surface area contributed by atoms with Crippen LogP contribution in [0.2, 0.25) is 0 Å². The van der Waals surface area contributed by atoms with Crippen molar-refractivity contribution in [1.82, 2.24) is 0 Å². The van der Waals surface area contributed by atoms with Crippen LogP contribution in [0.5, 0.6) is 0 Å². The second-order valence-corrected chi connectivity index (χ2v) is 17.1. The van der Waals surface area contributed by atoms with Crippen molar-refractivity contribution in [2.75, 3.05) is 4.90 Å². The molecular formula is C57H39NO3. The van der Waals surface area contributed by atoms with Gasteiger partial charge >= 0.3 is 0 Å². The van der Waals surface area contributed by atoms with Crippen LogP contribution in [0.4, 0.5) is 11.4 Å². The van der Waals surface area contributed by atoms with Gasteiger partial charge in [-0.2, -0.15) is 0 Å². The van der Waals surface area contributed by atoms with E-state index in [9.17, 15) is 0 Å². The zero-order valence-corrected chi connectivity index (χ0v) is 33.8. The molecule has 11 aromatic rings. The summed E-state index contributed by atoms with van der Waals surface area (Å²) in [5, 5.41) is 5.36. The van der Waals surface area contributed by atoms with Crippen LogP contribution in [0.3, 0.4) is 0 Å². The molecule has 0 N–H and O–H groups in total. The predicted octanol–water partition coefficient (Wildman–Crippen LogP) is 16.2. The van der Waals surface area contributed by atoms with Crippen LogP contribution in [0.1, 0.15) is 48.8 Å². The lowest BCUT2D eigenvalue weighted by Gasteiger charge is -2.34. The lowest BCUT2D eigenvalue weighted by molar-refractivity contribution is 0.488. The van der Waals surface area contributed by atoms with E-state index >= 15 is 0 Å². The Kier molecular flexibility index (Phi) is 7.16. The quantitative estimate of drug-likeness (QED) is 0.174. The van der Waals surface area contributed by atoms with Crippen LogP contribution >= 0.6 is 0 Å². The topological polar surface area (TPSA) is 42.7 Å². The third kappa shape index (κ3) is 4.99. The monoisotopic (exact) mass is 785 g/mol. The number of rotatable bonds is 5. The summed E-state index contributed by atoms with van der Waals surface area (Å²) in [6.45, 7) is 4.68. The van der Waals surface area contributed by atoms with E-state index < -0.39 is 0 Å². The second-order valence-electron chi connectivity index (χ2n) is 17.1. The first-order valence-electron chi connectivity index (χ1n) is 21.2. The molecule has 2 aliphatic rings. The minimum atomic E-state index is -0.146. The van der Waals surface area contributed by atoms with Crippen LogP contribution in [0, 0.1) is 0 Å². The highest BCUT2D eigenvalue weighted by Gasteiger charge is 2.36. The van der Waals surface area contributed by atoms with Gasteiger partial charge in [0.05, 0.1) is 6.04 Å². The van der Waals surface area contributed by atoms with E-state index in [0.717, 1.165) is 95.1 Å². The van der Waals surface area contributed by atoms with E-state index in [1.54, 1.807) is 0 Å². The van der Waals surface area contributed by atoms with Crippen molar-refractivity contribution in [3.05, 3.63) is 198 Å². The first-order valence-corrected chi connectivity index (χ1v) is 21.2. The summed E-state index contributed by atoms with van der Waals surface area (Å²) in [5.74, 6) is 0.969. The van der Waals surface area contributed by atoms with Crippen molar-refractivity contribution < 1.29 is 13.3 Å². The molecule has 0 spiro atoms. The molecule has 4 nitrogen and oxygen atoms in total. The highest BCUT2D eigenvalue weighted by atomic mass is 16.3. The van der Waals surface area contributed by atoms with Gasteiger partial charge < -0.3 is 18.2 Å². The fourth-order valence-corrected chi connectivity index (χ4v) is 10.5. The molecule has 3 heterocycles. The van der Waals surface area contributed by atoms with Crippen LogP contribution < -0.4 is 4.90 Å². The summed E-state index contributed by atoms with van der Waals surface area (Å²) in [4.78, 5) is 2.42. The van der Waals surface area contributed by atoms with Gasteiger partial charge in [0.15, 0.2) is 0 Å². The van der Waals surface area contributed by atoms with E-state index in [0.29, 0.717) is 0 Å². The molecule has 0 amide bonds. The number of nitrogens with zero attached hydrogens (tertiary/aromatic N) is 1. The number of fused-ring (bicyclic) bond motifs is 12. The maximum absolute atomic E-state index is 7.20. The molecule has 0 fully saturated rings. The van der Waals surface area contributed by atoms with E-state index in [1.807, 2.05) is 12.1 Å². The molecule has 1 atom stereocenters. The molecule has 13 rings (SSSR count). The number of para-hydroxylation sites is 2. The van der Waals surface area contributed by atoms with Crippen molar-refractivity contribution in [2.24, 2.45) is 0 Å². The number of hydrogen-bond donors (Lipinski definition) is 0. The van der Waals surface area contributed by atoms with Crippen molar-refractivity contribution in [1.29, 1.82) is 0 Å². The standard InChI is InChI=1S/C57H39NO3/c1-57(2)46-19-9-6-15-39(46)40-29-25-36(31-47(40)57)53-54-44-17-8-11-22-50(44)59-52(54)33-45-42-30-28-38(32-51(42)61-56(45)53)58(37-26-23-35(24-27-37)34-13-4-3-5-14-34)48-20-12-18-43-41-16-7-10-21-49(41)60-55(43)48/h3-19,21-33,48H,20H2,1-2H3. The van der Waals surface area contributed by atoms with E-state index in [4.69, 9.17) is 13.3 Å². The Labute approximate surface area is 352 Å². The number of furan rings is 3. The maximum Gasteiger partial charge on any atom is 0.144 e. The summed E-state index contributed by atoms with van der Waals surface area (Å²) in [7, 11) is 0. The van der Waals surface area contributed by atoms with Gasteiger partial charge in [-0.15, -0.1) is 0 Å². The van der Waals surface area contributed by atoms with Crippen molar-refractivity contribution >= 4 is 72.3 Å². The Bertz CT molecular complexity index is 3600. The first-order chi connectivity index (χ1) is 30.0. The van der Waals surface area contributed by atoms with Crippen LogP contribution in [-0.4, -0.2) is 0 Å². The zero-order valence-electron chi connectivity index (χ0n) is 33.8. The Hall–Kier alpha value is -7.56. The highest BCUT2D eigenvalue weighted by molar-refractivity contribution is 6.23. The molecule has 0 radical (unpaired) electrons. The second kappa shape index (κ2) is 12.7. The Morgan fingerprint density at radius 3 is 2.03 bits per heavy atom. The van der Waals surface area contributed by atoms with Crippen molar-refractivity contribution in [2.45, 2.75) is 31.7 Å². The lowest BCUT2D eigenvalue weighted by Crippen LogP contribution is -2.24. The zero-order chi connectivity index (χ0) is 40.4. The molecule has 0 saturated carbocycles. The summed E-state index contributed by atoms with van der Waals surface area (Å²) in [5.41, 5.74) is 17.2. The SMILES string of the molecule is CC1(C)c2ccccc2-c2ccc(-c3c4oc5cc(N(c6ccc(-c7ccccc7)cc6)C6CC=Cc7c6oc6ccccc76)ccc5c4cc4oc5ccccc5c34)cc21. The smallest absolute Gasteiger partial charge is 0.144 e. The average Bonchev–Trinajstić information content (AvgIpc) is 4.04. The molecule has 3 aromatic heterocycles. The Morgan fingerprint density at radius 2 is 1.18 bits per heavy atom. The van der Waals surface area contributed by atoms with Crippen LogP contribution in [0.15, 0.2) is 189 Å². The van der Waals surface area contributed by atoms with Gasteiger partial charge in [0.2, 0.25) is 0 Å².